The number of hydrogen-bond donors (Lipinski definition) is 4. The molecule has 0 heterocycles. The van der Waals surface area contributed by atoms with Crippen molar-refractivity contribution in [3.63, 3.8) is 0 Å². The van der Waals surface area contributed by atoms with Crippen molar-refractivity contribution >= 4 is 17.6 Å². The molecule has 7 nitrogen and oxygen atoms in total. The Labute approximate surface area is 113 Å². The van der Waals surface area contributed by atoms with Crippen LogP contribution in [0.4, 0.5) is 0 Å². The number of amides is 2. The number of nitrogens with one attached hydrogen (secondary N) is 2. The smallest absolute Gasteiger partial charge is 0.233 e. The highest BCUT2D eigenvalue weighted by Crippen LogP contribution is 2.14. The molecule has 0 aliphatic rings. The second-order valence-electron chi connectivity index (χ2n) is 5.31. The number of carbonyl (C=O) groups excluding carboxylic acids is 2. The van der Waals surface area contributed by atoms with Gasteiger partial charge in [0.05, 0.1) is 0 Å². The Morgan fingerprint density at radius 3 is 2.37 bits per heavy atom. The zero-order valence-corrected chi connectivity index (χ0v) is 12.0. The predicted octanol–water partition coefficient (Wildman–Crippen LogP) is 0.0375. The van der Waals surface area contributed by atoms with Gasteiger partial charge < -0.3 is 21.6 Å². The highest BCUT2D eigenvalue weighted by molar-refractivity contribution is 6.05. The lowest BCUT2D eigenvalue weighted by molar-refractivity contribution is -0.126. The number of nitrogens with zero attached hydrogens (tertiary/aromatic N) is 1. The maximum atomic E-state index is 11.8. The van der Waals surface area contributed by atoms with Crippen LogP contribution in [0.5, 0.6) is 0 Å². The molecule has 0 spiro atoms. The average molecular weight is 272 g/mol. The van der Waals surface area contributed by atoms with E-state index in [9.17, 15) is 9.59 Å². The second kappa shape index (κ2) is 7.60. The van der Waals surface area contributed by atoms with Gasteiger partial charge in [-0.05, 0) is 19.8 Å². The van der Waals surface area contributed by atoms with E-state index in [1.807, 2.05) is 13.8 Å². The Balaban J connectivity index is 4.08. The molecule has 0 rings (SSSR count). The highest BCUT2D eigenvalue weighted by Gasteiger charge is 2.32. The van der Waals surface area contributed by atoms with E-state index in [-0.39, 0.29) is 30.6 Å². The van der Waals surface area contributed by atoms with Crippen LogP contribution in [0.1, 0.15) is 34.1 Å². The topological polar surface area (TPSA) is 117 Å². The lowest BCUT2D eigenvalue weighted by Crippen LogP contribution is -2.46. The molecule has 19 heavy (non-hydrogen) atoms. The van der Waals surface area contributed by atoms with Crippen LogP contribution in [0.15, 0.2) is 5.16 Å². The number of rotatable bonds is 7. The molecule has 5 N–H and O–H groups in total. The Hall–Kier alpha value is -1.79. The molecule has 110 valence electrons. The predicted molar refractivity (Wildman–Crippen MR) is 72.7 cm³/mol. The third-order valence-corrected chi connectivity index (χ3v) is 2.66. The molecule has 0 radical (unpaired) electrons. The zero-order chi connectivity index (χ0) is 15.1. The van der Waals surface area contributed by atoms with Crippen LogP contribution in [-0.2, 0) is 9.59 Å². The minimum absolute atomic E-state index is 0.115. The number of amidine groups is 1. The first-order valence-corrected chi connectivity index (χ1v) is 6.24. The molecule has 0 saturated carbocycles. The molecule has 0 aromatic carbocycles. The van der Waals surface area contributed by atoms with Crippen LogP contribution in [-0.4, -0.2) is 35.9 Å². The largest absolute Gasteiger partial charge is 0.409 e. The van der Waals surface area contributed by atoms with Gasteiger partial charge in [-0.3, -0.25) is 9.59 Å². The van der Waals surface area contributed by atoms with Gasteiger partial charge in [0, 0.05) is 19.5 Å². The van der Waals surface area contributed by atoms with E-state index >= 15 is 0 Å². The first-order valence-electron chi connectivity index (χ1n) is 6.24. The summed E-state index contributed by atoms with van der Waals surface area (Å²) in [7, 11) is 0. The fraction of sp³-hybridized carbons (Fsp3) is 0.750. The van der Waals surface area contributed by atoms with Crippen molar-refractivity contribution in [1.82, 2.24) is 10.6 Å². The third-order valence-electron chi connectivity index (χ3n) is 2.66. The Kier molecular flexibility index (Phi) is 6.89. The van der Waals surface area contributed by atoms with Gasteiger partial charge in [0.15, 0.2) is 5.84 Å². The first kappa shape index (κ1) is 17.2. The number of carbonyl (C=O) groups is 2. The van der Waals surface area contributed by atoms with Crippen molar-refractivity contribution < 1.29 is 14.8 Å². The summed E-state index contributed by atoms with van der Waals surface area (Å²) in [5.74, 6) is -0.289. The molecule has 0 aromatic heterocycles. The van der Waals surface area contributed by atoms with Crippen molar-refractivity contribution in [3.05, 3.63) is 0 Å². The fourth-order valence-corrected chi connectivity index (χ4v) is 1.16. The molecule has 2 amide bonds. The van der Waals surface area contributed by atoms with Gasteiger partial charge in [0.25, 0.3) is 0 Å². The number of oxime groups is 1. The van der Waals surface area contributed by atoms with E-state index in [0.29, 0.717) is 12.5 Å². The molecule has 0 aliphatic heterocycles. The van der Waals surface area contributed by atoms with Crippen molar-refractivity contribution in [2.24, 2.45) is 22.2 Å². The van der Waals surface area contributed by atoms with E-state index in [2.05, 4.69) is 15.8 Å². The highest BCUT2D eigenvalue weighted by atomic mass is 16.4. The van der Waals surface area contributed by atoms with Crippen LogP contribution < -0.4 is 16.4 Å². The van der Waals surface area contributed by atoms with E-state index < -0.39 is 5.41 Å². The number of hydrogen-bond acceptors (Lipinski definition) is 4. The molecule has 0 aromatic rings. The van der Waals surface area contributed by atoms with Crippen LogP contribution >= 0.6 is 0 Å². The van der Waals surface area contributed by atoms with E-state index in [1.165, 1.54) is 13.8 Å². The maximum absolute atomic E-state index is 11.8. The minimum Gasteiger partial charge on any atom is -0.409 e. The van der Waals surface area contributed by atoms with Gasteiger partial charge in [-0.2, -0.15) is 0 Å². The molecule has 0 unspecified atom stereocenters. The summed E-state index contributed by atoms with van der Waals surface area (Å²) >= 11 is 0. The molecular weight excluding hydrogens is 248 g/mol. The fourth-order valence-electron chi connectivity index (χ4n) is 1.16. The summed E-state index contributed by atoms with van der Waals surface area (Å²) in [5, 5.41) is 16.7. The van der Waals surface area contributed by atoms with Gasteiger partial charge in [-0.1, -0.05) is 19.0 Å². The summed E-state index contributed by atoms with van der Waals surface area (Å²) in [6.07, 6.45) is 0.199. The van der Waals surface area contributed by atoms with Crippen LogP contribution in [0.2, 0.25) is 0 Å². The molecule has 0 bridgehead atoms. The van der Waals surface area contributed by atoms with Gasteiger partial charge in [0.2, 0.25) is 11.8 Å². The average Bonchev–Trinajstić information content (AvgIpc) is 2.34. The maximum Gasteiger partial charge on any atom is 0.233 e. The summed E-state index contributed by atoms with van der Waals surface area (Å²) in [5.41, 5.74) is 4.32. The first-order chi connectivity index (χ1) is 8.71. The van der Waals surface area contributed by atoms with E-state index in [0.717, 1.165) is 0 Å². The quantitative estimate of drug-likeness (QED) is 0.226. The lowest BCUT2D eigenvalue weighted by Gasteiger charge is -2.21. The summed E-state index contributed by atoms with van der Waals surface area (Å²) in [6, 6.07) is 0. The van der Waals surface area contributed by atoms with E-state index in [4.69, 9.17) is 10.9 Å². The van der Waals surface area contributed by atoms with Gasteiger partial charge in [0.1, 0.15) is 5.41 Å². The minimum atomic E-state index is -1.11. The van der Waals surface area contributed by atoms with Crippen molar-refractivity contribution in [2.45, 2.75) is 34.1 Å². The third kappa shape index (κ3) is 6.08. The lowest BCUT2D eigenvalue weighted by atomic mass is 9.91. The van der Waals surface area contributed by atoms with Crippen LogP contribution in [0.25, 0.3) is 0 Å². The van der Waals surface area contributed by atoms with Crippen LogP contribution in [0, 0.1) is 11.3 Å². The number of nitrogens with two attached hydrogens (primary N) is 1. The standard InChI is InChI=1S/C12H24N4O3/c1-8(2)7-15-9(17)5-6-14-11(18)12(3,4)10(13)16-19/h8,19H,5-7H2,1-4H3,(H2,13,16)(H,14,18)(H,15,17). The molecule has 0 aliphatic carbocycles. The van der Waals surface area contributed by atoms with Crippen molar-refractivity contribution in [1.29, 1.82) is 0 Å². The SMILES string of the molecule is CC(C)CNC(=O)CCNC(=O)C(C)(C)C(N)=NO. The summed E-state index contributed by atoms with van der Waals surface area (Å²) in [4.78, 5) is 23.2. The van der Waals surface area contributed by atoms with Crippen LogP contribution in [0.3, 0.4) is 0 Å². The zero-order valence-electron chi connectivity index (χ0n) is 12.0. The van der Waals surface area contributed by atoms with Crippen molar-refractivity contribution in [3.8, 4) is 0 Å². The Morgan fingerprint density at radius 2 is 1.89 bits per heavy atom. The molecule has 7 heteroatoms. The van der Waals surface area contributed by atoms with Gasteiger partial charge >= 0.3 is 0 Å². The molecule has 0 atom stereocenters. The molecule has 0 saturated heterocycles. The monoisotopic (exact) mass is 272 g/mol. The Morgan fingerprint density at radius 1 is 1.32 bits per heavy atom. The van der Waals surface area contributed by atoms with Crippen molar-refractivity contribution in [2.75, 3.05) is 13.1 Å². The molecule has 0 fully saturated rings. The van der Waals surface area contributed by atoms with Gasteiger partial charge in [-0.25, -0.2) is 0 Å². The van der Waals surface area contributed by atoms with Gasteiger partial charge in [-0.15, -0.1) is 0 Å². The summed E-state index contributed by atoms with van der Waals surface area (Å²) in [6.45, 7) is 7.91. The normalized spacial score (nSPS) is 12.4. The Bertz CT molecular complexity index is 351. The van der Waals surface area contributed by atoms with E-state index in [1.54, 1.807) is 0 Å². The summed E-state index contributed by atoms with van der Waals surface area (Å²) < 4.78 is 0. The second-order valence-corrected chi connectivity index (χ2v) is 5.31. The molecular formula is C12H24N4O3.